The Morgan fingerprint density at radius 3 is 2.30 bits per heavy atom. The third-order valence-corrected chi connectivity index (χ3v) is 5.10. The van der Waals surface area contributed by atoms with Gasteiger partial charge in [0.05, 0.1) is 6.54 Å². The van der Waals surface area contributed by atoms with Gasteiger partial charge in [0.25, 0.3) is 0 Å². The minimum absolute atomic E-state index is 0.206. The molecular weight excluding hydrogens is 402 g/mol. The van der Waals surface area contributed by atoms with Gasteiger partial charge >= 0.3 is 6.36 Å². The summed E-state index contributed by atoms with van der Waals surface area (Å²) >= 11 is 0. The first-order valence-corrected chi connectivity index (χ1v) is 9.48. The van der Waals surface area contributed by atoms with E-state index in [0.717, 1.165) is 18.4 Å². The summed E-state index contributed by atoms with van der Waals surface area (Å²) in [7, 11) is 0. The van der Waals surface area contributed by atoms with Gasteiger partial charge in [-0.15, -0.1) is 13.2 Å². The molecule has 2 aromatic rings. The van der Waals surface area contributed by atoms with E-state index >= 15 is 0 Å². The minimum atomic E-state index is -4.72. The zero-order valence-corrected chi connectivity index (χ0v) is 16.2. The molecule has 0 saturated carbocycles. The monoisotopic (exact) mass is 425 g/mol. The molecule has 0 aromatic heterocycles. The fourth-order valence-corrected chi connectivity index (χ4v) is 3.42. The first-order valence-electron chi connectivity index (χ1n) is 9.48. The van der Waals surface area contributed by atoms with Gasteiger partial charge in [-0.05, 0) is 48.2 Å². The van der Waals surface area contributed by atoms with Crippen LogP contribution in [0.1, 0.15) is 24.0 Å². The van der Waals surface area contributed by atoms with Gasteiger partial charge < -0.3 is 20.5 Å². The van der Waals surface area contributed by atoms with Gasteiger partial charge in [0.2, 0.25) is 0 Å². The van der Waals surface area contributed by atoms with Gasteiger partial charge in [0.15, 0.2) is 5.96 Å². The van der Waals surface area contributed by atoms with Crippen molar-refractivity contribution >= 4 is 5.96 Å². The van der Waals surface area contributed by atoms with Crippen LogP contribution in [-0.2, 0) is 16.7 Å². The number of rotatable bonds is 6. The van der Waals surface area contributed by atoms with Crippen molar-refractivity contribution in [1.29, 1.82) is 0 Å². The summed E-state index contributed by atoms with van der Waals surface area (Å²) in [5.74, 6) is -0.359. The van der Waals surface area contributed by atoms with Gasteiger partial charge in [-0.25, -0.2) is 9.38 Å². The molecule has 0 atom stereocenters. The zero-order valence-electron chi connectivity index (χ0n) is 16.2. The summed E-state index contributed by atoms with van der Waals surface area (Å²) in [6, 6.07) is 11.9. The van der Waals surface area contributed by atoms with Crippen molar-refractivity contribution in [1.82, 2.24) is 5.32 Å². The van der Waals surface area contributed by atoms with Crippen LogP contribution in [0.2, 0.25) is 0 Å². The normalized spacial score (nSPS) is 16.9. The van der Waals surface area contributed by atoms with Crippen molar-refractivity contribution in [3.05, 3.63) is 65.5 Å². The molecule has 1 fully saturated rings. The summed E-state index contributed by atoms with van der Waals surface area (Å²) in [5, 5.41) is 3.12. The maximum absolute atomic E-state index is 13.3. The number of hydrogen-bond acceptors (Lipinski definition) is 3. The molecule has 0 radical (unpaired) electrons. The predicted octanol–water partition coefficient (Wildman–Crippen LogP) is 3.88. The number of aliphatic imine (C=N–C) groups is 1. The lowest BCUT2D eigenvalue weighted by Crippen LogP contribution is -2.46. The van der Waals surface area contributed by atoms with Crippen LogP contribution < -0.4 is 15.8 Å². The molecule has 1 saturated heterocycles. The average molecular weight is 425 g/mol. The fraction of sp³-hybridized carbons (Fsp3) is 0.381. The van der Waals surface area contributed by atoms with Gasteiger partial charge in [-0.1, -0.05) is 24.3 Å². The van der Waals surface area contributed by atoms with E-state index < -0.39 is 6.36 Å². The lowest BCUT2D eigenvalue weighted by molar-refractivity contribution is -0.274. The largest absolute Gasteiger partial charge is 0.573 e. The molecular formula is C21H23F4N3O2. The molecule has 1 aliphatic heterocycles. The fourth-order valence-electron chi connectivity index (χ4n) is 3.42. The summed E-state index contributed by atoms with van der Waals surface area (Å²) in [5.41, 5.74) is 7.44. The van der Waals surface area contributed by atoms with Crippen molar-refractivity contribution in [2.24, 2.45) is 10.7 Å². The van der Waals surface area contributed by atoms with Gasteiger partial charge in [0.1, 0.15) is 11.6 Å². The van der Waals surface area contributed by atoms with Crippen LogP contribution in [-0.4, -0.2) is 32.1 Å². The number of ether oxygens (including phenoxy) is 2. The number of alkyl halides is 3. The molecule has 30 heavy (non-hydrogen) atoms. The van der Waals surface area contributed by atoms with E-state index in [9.17, 15) is 17.6 Å². The molecule has 0 bridgehead atoms. The zero-order chi connectivity index (χ0) is 21.6. The molecule has 3 N–H and O–H groups in total. The Bertz CT molecular complexity index is 846. The van der Waals surface area contributed by atoms with E-state index in [1.54, 1.807) is 12.1 Å². The number of nitrogens with zero attached hydrogens (tertiary/aromatic N) is 1. The van der Waals surface area contributed by atoms with Crippen LogP contribution in [0.5, 0.6) is 5.75 Å². The number of halogens is 4. The Hall–Kier alpha value is -2.81. The topological polar surface area (TPSA) is 68.9 Å². The first-order chi connectivity index (χ1) is 14.3. The predicted molar refractivity (Wildman–Crippen MR) is 105 cm³/mol. The first kappa shape index (κ1) is 21.9. The molecule has 2 aromatic carbocycles. The maximum atomic E-state index is 13.3. The van der Waals surface area contributed by atoms with Crippen LogP contribution in [0.3, 0.4) is 0 Å². The Balaban J connectivity index is 1.60. The lowest BCUT2D eigenvalue weighted by atomic mass is 9.74. The third-order valence-electron chi connectivity index (χ3n) is 5.10. The maximum Gasteiger partial charge on any atom is 0.573 e. The Labute approximate surface area is 171 Å². The Kier molecular flexibility index (Phi) is 6.81. The van der Waals surface area contributed by atoms with E-state index in [2.05, 4.69) is 15.0 Å². The summed E-state index contributed by atoms with van der Waals surface area (Å²) in [4.78, 5) is 4.25. The SMILES string of the molecule is NC(=NCc1ccc(OC(F)(F)F)cc1)NCC1(c2ccc(F)cc2)CCOCC1. The minimum Gasteiger partial charge on any atom is -0.406 e. The number of benzene rings is 2. The van der Waals surface area contributed by atoms with Gasteiger partial charge in [0, 0.05) is 25.2 Å². The highest BCUT2D eigenvalue weighted by molar-refractivity contribution is 5.78. The number of nitrogens with two attached hydrogens (primary N) is 1. The van der Waals surface area contributed by atoms with E-state index in [-0.39, 0.29) is 29.5 Å². The van der Waals surface area contributed by atoms with E-state index in [1.165, 1.54) is 36.4 Å². The smallest absolute Gasteiger partial charge is 0.406 e. The number of nitrogens with one attached hydrogen (secondary N) is 1. The summed E-state index contributed by atoms with van der Waals surface area (Å²) in [6.45, 7) is 1.92. The second kappa shape index (κ2) is 9.34. The molecule has 162 valence electrons. The van der Waals surface area contributed by atoms with Crippen molar-refractivity contribution in [3.8, 4) is 5.75 Å². The lowest BCUT2D eigenvalue weighted by Gasteiger charge is -2.38. The highest BCUT2D eigenvalue weighted by Crippen LogP contribution is 2.34. The standard InChI is InChI=1S/C21H23F4N3O2/c22-17-5-3-16(4-6-17)20(9-11-29-12-10-20)14-28-19(26)27-13-15-1-7-18(8-2-15)30-21(23,24)25/h1-8H,9-14H2,(H3,26,27,28). The molecule has 0 amide bonds. The van der Waals surface area contributed by atoms with E-state index in [1.807, 2.05) is 0 Å². The average Bonchev–Trinajstić information content (AvgIpc) is 2.72. The summed E-state index contributed by atoms with van der Waals surface area (Å²) in [6.07, 6.45) is -3.20. The number of guanidine groups is 1. The molecule has 0 spiro atoms. The quantitative estimate of drug-likeness (QED) is 0.419. The molecule has 0 unspecified atom stereocenters. The second-order valence-corrected chi connectivity index (χ2v) is 7.15. The molecule has 0 aliphatic carbocycles. The molecule has 5 nitrogen and oxygen atoms in total. The van der Waals surface area contributed by atoms with Crippen LogP contribution in [0, 0.1) is 5.82 Å². The van der Waals surface area contributed by atoms with Crippen LogP contribution in [0.4, 0.5) is 17.6 Å². The van der Waals surface area contributed by atoms with Crippen molar-refractivity contribution < 1.29 is 27.0 Å². The van der Waals surface area contributed by atoms with Gasteiger partial charge in [-0.2, -0.15) is 0 Å². The second-order valence-electron chi connectivity index (χ2n) is 7.15. The highest BCUT2D eigenvalue weighted by Gasteiger charge is 2.34. The molecule has 1 heterocycles. The van der Waals surface area contributed by atoms with Gasteiger partial charge in [-0.3, -0.25) is 0 Å². The Morgan fingerprint density at radius 1 is 1.07 bits per heavy atom. The third kappa shape index (κ3) is 6.09. The number of hydrogen-bond donors (Lipinski definition) is 2. The summed E-state index contributed by atoms with van der Waals surface area (Å²) < 4.78 is 59.3. The molecule has 3 rings (SSSR count). The van der Waals surface area contributed by atoms with Crippen LogP contribution in [0.15, 0.2) is 53.5 Å². The van der Waals surface area contributed by atoms with Crippen LogP contribution >= 0.6 is 0 Å². The highest BCUT2D eigenvalue weighted by atomic mass is 19.4. The van der Waals surface area contributed by atoms with Crippen molar-refractivity contribution in [3.63, 3.8) is 0 Å². The van der Waals surface area contributed by atoms with E-state index in [0.29, 0.717) is 25.3 Å². The van der Waals surface area contributed by atoms with E-state index in [4.69, 9.17) is 10.5 Å². The van der Waals surface area contributed by atoms with Crippen molar-refractivity contribution in [2.75, 3.05) is 19.8 Å². The molecule has 1 aliphatic rings. The van der Waals surface area contributed by atoms with Crippen molar-refractivity contribution in [2.45, 2.75) is 31.2 Å². The van der Waals surface area contributed by atoms with Crippen LogP contribution in [0.25, 0.3) is 0 Å². The molecule has 9 heteroatoms. The Morgan fingerprint density at radius 2 is 1.70 bits per heavy atom.